The van der Waals surface area contributed by atoms with Crippen LogP contribution in [0.3, 0.4) is 0 Å². The van der Waals surface area contributed by atoms with E-state index in [0.29, 0.717) is 30.7 Å². The van der Waals surface area contributed by atoms with Gasteiger partial charge in [-0.05, 0) is 51.1 Å². The number of likely N-dealkylation sites (N-methyl/N-ethyl adjacent to an activating group) is 1. The van der Waals surface area contributed by atoms with Crippen LogP contribution in [-0.2, 0) is 40.4 Å². The molecule has 0 amide bonds. The summed E-state index contributed by atoms with van der Waals surface area (Å²) in [4.78, 5) is 39.9. The van der Waals surface area contributed by atoms with Gasteiger partial charge in [0.05, 0.1) is 11.0 Å². The molecule has 1 saturated heterocycles. The summed E-state index contributed by atoms with van der Waals surface area (Å²) in [6.45, 7) is 3.21. The van der Waals surface area contributed by atoms with Crippen LogP contribution in [0.5, 0.6) is 11.5 Å². The van der Waals surface area contributed by atoms with Crippen LogP contribution >= 0.6 is 0 Å². The Hall–Kier alpha value is -3.89. The van der Waals surface area contributed by atoms with Crippen molar-refractivity contribution in [2.24, 2.45) is 0 Å². The Labute approximate surface area is 231 Å². The molecule has 0 aromatic heterocycles. The Bertz CT molecular complexity index is 1420. The van der Waals surface area contributed by atoms with Crippen molar-refractivity contribution in [3.63, 3.8) is 0 Å². The lowest BCUT2D eigenvalue weighted by Gasteiger charge is -2.61. The average molecular weight is 550 g/mol. The molecule has 0 saturated carbocycles. The second kappa shape index (κ2) is 9.35. The fraction of sp³-hybridized carbons (Fsp3) is 0.433. The van der Waals surface area contributed by atoms with E-state index in [0.717, 1.165) is 11.1 Å². The first-order valence-corrected chi connectivity index (χ1v) is 13.4. The molecular formula is C30H31NO9. The average Bonchev–Trinajstić information content (AvgIpc) is 3.28. The number of esters is 3. The van der Waals surface area contributed by atoms with Crippen LogP contribution in [-0.4, -0.2) is 70.5 Å². The standard InChI is InChI=1S/C30H31NO9/c1-16(37-17(2)32)27(34)40-24(18-7-5-4-6-8-18)28(35)38-21-11-12-30(36)22-15-19-9-10-20(33)25-23(19)29(30,26(21)39-25)13-14-31(22)3/h4-11,16,22,24,26,33,36H,12-15H2,1-3H3/t16-,22-,24-,26+,29+,30-/m0/s1. The normalized spacial score (nSPS) is 29.2. The number of benzene rings is 2. The Morgan fingerprint density at radius 2 is 1.85 bits per heavy atom. The van der Waals surface area contributed by atoms with Gasteiger partial charge in [0.2, 0.25) is 6.10 Å². The van der Waals surface area contributed by atoms with Crippen LogP contribution in [0.25, 0.3) is 0 Å². The van der Waals surface area contributed by atoms with Crippen molar-refractivity contribution < 1.29 is 43.5 Å². The molecule has 4 aliphatic rings. The molecule has 6 atom stereocenters. The number of aromatic hydroxyl groups is 1. The lowest BCUT2D eigenvalue weighted by Crippen LogP contribution is -2.74. The zero-order chi connectivity index (χ0) is 28.4. The number of phenols is 1. The van der Waals surface area contributed by atoms with Gasteiger partial charge in [-0.25, -0.2) is 9.59 Å². The largest absolute Gasteiger partial charge is 0.504 e. The van der Waals surface area contributed by atoms with Gasteiger partial charge in [0.25, 0.3) is 0 Å². The Balaban J connectivity index is 1.35. The number of carbonyl (C=O) groups excluding carboxylic acids is 3. The van der Waals surface area contributed by atoms with E-state index in [1.807, 2.05) is 13.1 Å². The number of phenolic OH excluding ortho intramolecular Hbond substituents is 1. The Morgan fingerprint density at radius 3 is 2.58 bits per heavy atom. The summed E-state index contributed by atoms with van der Waals surface area (Å²) in [6.07, 6.45) is -0.563. The highest BCUT2D eigenvalue weighted by Crippen LogP contribution is 2.65. The summed E-state index contributed by atoms with van der Waals surface area (Å²) in [7, 11) is 1.99. The monoisotopic (exact) mass is 549 g/mol. The summed E-state index contributed by atoms with van der Waals surface area (Å²) < 4.78 is 22.7. The van der Waals surface area contributed by atoms with Gasteiger partial charge in [-0.3, -0.25) is 4.79 Å². The van der Waals surface area contributed by atoms with Crippen molar-refractivity contribution in [2.75, 3.05) is 13.6 Å². The summed E-state index contributed by atoms with van der Waals surface area (Å²) in [5, 5.41) is 23.0. The first-order valence-electron chi connectivity index (χ1n) is 13.4. The second-order valence-corrected chi connectivity index (χ2v) is 11.0. The zero-order valence-corrected chi connectivity index (χ0v) is 22.5. The molecule has 2 aliphatic carbocycles. The molecule has 2 aromatic rings. The maximum Gasteiger partial charge on any atom is 0.357 e. The zero-order valence-electron chi connectivity index (χ0n) is 22.5. The van der Waals surface area contributed by atoms with E-state index < -0.39 is 47.2 Å². The van der Waals surface area contributed by atoms with Gasteiger partial charge >= 0.3 is 17.9 Å². The Morgan fingerprint density at radius 1 is 1.10 bits per heavy atom. The highest BCUT2D eigenvalue weighted by molar-refractivity contribution is 5.84. The molecule has 0 unspecified atom stereocenters. The molecule has 2 N–H and O–H groups in total. The number of hydrogen-bond acceptors (Lipinski definition) is 10. The molecule has 2 aliphatic heterocycles. The first-order chi connectivity index (χ1) is 19.1. The lowest BCUT2D eigenvalue weighted by molar-refractivity contribution is -0.181. The van der Waals surface area contributed by atoms with Crippen molar-refractivity contribution in [3.8, 4) is 11.5 Å². The maximum atomic E-state index is 13.7. The third kappa shape index (κ3) is 3.73. The summed E-state index contributed by atoms with van der Waals surface area (Å²) in [5.74, 6) is -1.99. The van der Waals surface area contributed by atoms with E-state index in [2.05, 4.69) is 4.90 Å². The predicted molar refractivity (Wildman–Crippen MR) is 139 cm³/mol. The fourth-order valence-electron chi connectivity index (χ4n) is 7.00. The van der Waals surface area contributed by atoms with Gasteiger partial charge in [-0.15, -0.1) is 0 Å². The lowest BCUT2D eigenvalue weighted by atomic mass is 9.50. The number of rotatable bonds is 6. The van der Waals surface area contributed by atoms with Crippen molar-refractivity contribution in [2.45, 2.75) is 68.5 Å². The van der Waals surface area contributed by atoms with Crippen molar-refractivity contribution in [1.29, 1.82) is 0 Å². The summed E-state index contributed by atoms with van der Waals surface area (Å²) in [5.41, 5.74) is -0.0162. The molecule has 210 valence electrons. The molecule has 1 fully saturated rings. The maximum absolute atomic E-state index is 13.7. The molecule has 2 aromatic carbocycles. The van der Waals surface area contributed by atoms with E-state index in [1.54, 1.807) is 42.5 Å². The molecular weight excluding hydrogens is 518 g/mol. The van der Waals surface area contributed by atoms with Crippen molar-refractivity contribution in [3.05, 3.63) is 71.0 Å². The molecule has 2 bridgehead atoms. The SMILES string of the molecule is CC(=O)O[C@@H](C)C(=O)O[C@H](C(=O)OC1=CC[C@]2(O)[C@@H]3Cc4ccc(O)c5c4[C@]2(CCN3C)[C@@H]1O5)c1ccccc1. The van der Waals surface area contributed by atoms with E-state index in [1.165, 1.54) is 13.8 Å². The van der Waals surface area contributed by atoms with Crippen LogP contribution in [0.4, 0.5) is 0 Å². The van der Waals surface area contributed by atoms with Crippen LogP contribution in [0.2, 0.25) is 0 Å². The fourth-order valence-corrected chi connectivity index (χ4v) is 7.00. The molecule has 10 heteroatoms. The smallest absolute Gasteiger partial charge is 0.357 e. The van der Waals surface area contributed by atoms with E-state index in [4.69, 9.17) is 18.9 Å². The number of likely N-dealkylation sites (tertiary alicyclic amines) is 1. The van der Waals surface area contributed by atoms with Gasteiger partial charge in [0.15, 0.2) is 23.7 Å². The van der Waals surface area contributed by atoms with Gasteiger partial charge in [0.1, 0.15) is 5.76 Å². The highest BCUT2D eigenvalue weighted by atomic mass is 16.6. The number of nitrogens with zero attached hydrogens (tertiary/aromatic N) is 1. The summed E-state index contributed by atoms with van der Waals surface area (Å²) in [6, 6.07) is 11.7. The van der Waals surface area contributed by atoms with Crippen LogP contribution < -0.4 is 4.74 Å². The molecule has 2 heterocycles. The third-order valence-corrected chi connectivity index (χ3v) is 8.80. The second-order valence-electron chi connectivity index (χ2n) is 11.0. The minimum atomic E-state index is -1.45. The number of ether oxygens (including phenoxy) is 4. The van der Waals surface area contributed by atoms with Gasteiger partial charge in [-0.1, -0.05) is 36.4 Å². The number of carbonyl (C=O) groups is 3. The molecule has 1 spiro atoms. The van der Waals surface area contributed by atoms with Crippen LogP contribution in [0.1, 0.15) is 49.5 Å². The van der Waals surface area contributed by atoms with Crippen LogP contribution in [0.15, 0.2) is 54.3 Å². The molecule has 40 heavy (non-hydrogen) atoms. The van der Waals surface area contributed by atoms with E-state index >= 15 is 0 Å². The molecule has 0 radical (unpaired) electrons. The van der Waals surface area contributed by atoms with Crippen molar-refractivity contribution in [1.82, 2.24) is 4.90 Å². The molecule has 6 rings (SSSR count). The predicted octanol–water partition coefficient (Wildman–Crippen LogP) is 2.45. The van der Waals surface area contributed by atoms with Gasteiger partial charge in [0, 0.05) is 30.5 Å². The Kier molecular flexibility index (Phi) is 6.15. The first kappa shape index (κ1) is 26.3. The molecule has 10 nitrogen and oxygen atoms in total. The highest BCUT2D eigenvalue weighted by Gasteiger charge is 2.72. The minimum absolute atomic E-state index is 0.0384. The number of aliphatic hydroxyl groups is 1. The summed E-state index contributed by atoms with van der Waals surface area (Å²) >= 11 is 0. The topological polar surface area (TPSA) is 132 Å². The van der Waals surface area contributed by atoms with Gasteiger partial charge < -0.3 is 34.1 Å². The number of piperidine rings is 1. The van der Waals surface area contributed by atoms with Crippen LogP contribution in [0, 0.1) is 0 Å². The van der Waals surface area contributed by atoms with Gasteiger partial charge in [-0.2, -0.15) is 0 Å². The third-order valence-electron chi connectivity index (χ3n) is 8.80. The quantitative estimate of drug-likeness (QED) is 0.409. The number of hydrogen-bond donors (Lipinski definition) is 2. The minimum Gasteiger partial charge on any atom is -0.504 e. The van der Waals surface area contributed by atoms with E-state index in [9.17, 15) is 24.6 Å². The van der Waals surface area contributed by atoms with Crippen molar-refractivity contribution >= 4 is 17.9 Å². The van der Waals surface area contributed by atoms with E-state index in [-0.39, 0.29) is 24.0 Å².